The van der Waals surface area contributed by atoms with E-state index in [4.69, 9.17) is 4.74 Å². The smallest absolute Gasteiger partial charge is 0.270 e. The Morgan fingerprint density at radius 3 is 2.78 bits per heavy atom. The maximum atomic E-state index is 13.0. The summed E-state index contributed by atoms with van der Waals surface area (Å²) in [6.45, 7) is 2.28. The molecule has 0 aliphatic carbocycles. The minimum atomic E-state index is -0.326. The Morgan fingerprint density at radius 1 is 1.22 bits per heavy atom. The molecule has 3 rings (SSSR count). The van der Waals surface area contributed by atoms with Gasteiger partial charge in [0.1, 0.15) is 23.9 Å². The first-order valence-electron chi connectivity index (χ1n) is 8.22. The Morgan fingerprint density at radius 2 is 2.04 bits per heavy atom. The van der Waals surface area contributed by atoms with Crippen LogP contribution in [0.2, 0.25) is 0 Å². The van der Waals surface area contributed by atoms with Crippen molar-refractivity contribution in [2.75, 3.05) is 13.2 Å². The van der Waals surface area contributed by atoms with Crippen LogP contribution < -0.4 is 10.1 Å². The molecule has 0 aliphatic heterocycles. The summed E-state index contributed by atoms with van der Waals surface area (Å²) >= 11 is 0. The second-order valence-corrected chi connectivity index (χ2v) is 5.63. The van der Waals surface area contributed by atoms with Crippen molar-refractivity contribution in [2.24, 2.45) is 0 Å². The molecular formula is C20H17FN4O2. The minimum Gasteiger partial charge on any atom is -0.479 e. The second-order valence-electron chi connectivity index (χ2n) is 5.63. The number of hydrogen-bond donors (Lipinski definition) is 2. The van der Waals surface area contributed by atoms with Crippen LogP contribution in [0.4, 0.5) is 4.39 Å². The van der Waals surface area contributed by atoms with E-state index in [0.29, 0.717) is 22.7 Å². The number of aromatic amines is 1. The van der Waals surface area contributed by atoms with Gasteiger partial charge in [0.05, 0.1) is 18.4 Å². The van der Waals surface area contributed by atoms with Crippen molar-refractivity contribution in [3.63, 3.8) is 0 Å². The van der Waals surface area contributed by atoms with Gasteiger partial charge in [-0.2, -0.15) is 5.10 Å². The molecule has 7 heteroatoms. The average Bonchev–Trinajstić information content (AvgIpc) is 3.17. The summed E-state index contributed by atoms with van der Waals surface area (Å²) in [5, 5.41) is 9.39. The number of aromatic nitrogens is 3. The lowest BCUT2D eigenvalue weighted by Gasteiger charge is -2.01. The molecule has 1 amide bonds. The third kappa shape index (κ3) is 5.16. The van der Waals surface area contributed by atoms with Crippen LogP contribution >= 0.6 is 0 Å². The molecule has 0 aliphatic rings. The highest BCUT2D eigenvalue weighted by Crippen LogP contribution is 2.17. The van der Waals surface area contributed by atoms with Crippen LogP contribution in [0, 0.1) is 24.6 Å². The molecule has 0 atom stereocenters. The van der Waals surface area contributed by atoms with Gasteiger partial charge in [-0.1, -0.05) is 11.8 Å². The highest BCUT2D eigenvalue weighted by atomic mass is 19.1. The molecule has 6 nitrogen and oxygen atoms in total. The van der Waals surface area contributed by atoms with Gasteiger partial charge in [0.25, 0.3) is 5.91 Å². The molecule has 27 heavy (non-hydrogen) atoms. The zero-order chi connectivity index (χ0) is 19.1. The highest BCUT2D eigenvalue weighted by molar-refractivity contribution is 5.93. The molecule has 0 spiro atoms. The van der Waals surface area contributed by atoms with Gasteiger partial charge in [0, 0.05) is 11.3 Å². The molecule has 0 unspecified atom stereocenters. The Labute approximate surface area is 155 Å². The number of nitrogens with zero attached hydrogens (tertiary/aromatic N) is 2. The normalized spacial score (nSPS) is 10.0. The van der Waals surface area contributed by atoms with E-state index < -0.39 is 0 Å². The van der Waals surface area contributed by atoms with Crippen molar-refractivity contribution < 1.29 is 13.9 Å². The maximum Gasteiger partial charge on any atom is 0.270 e. The molecule has 0 fully saturated rings. The third-order valence-corrected chi connectivity index (χ3v) is 3.62. The van der Waals surface area contributed by atoms with Crippen molar-refractivity contribution in [3.05, 3.63) is 65.9 Å². The lowest BCUT2D eigenvalue weighted by Crippen LogP contribution is -2.24. The fourth-order valence-corrected chi connectivity index (χ4v) is 2.20. The summed E-state index contributed by atoms with van der Waals surface area (Å²) in [7, 11) is 0. The number of amides is 1. The Hall–Kier alpha value is -3.66. The zero-order valence-corrected chi connectivity index (χ0v) is 14.6. The van der Waals surface area contributed by atoms with Crippen molar-refractivity contribution in [1.82, 2.24) is 20.5 Å². The number of H-pyrrole nitrogens is 1. The highest BCUT2D eigenvalue weighted by Gasteiger charge is 2.10. The monoisotopic (exact) mass is 364 g/mol. The maximum absolute atomic E-state index is 13.0. The van der Waals surface area contributed by atoms with E-state index in [9.17, 15) is 9.18 Å². The molecule has 0 bridgehead atoms. The van der Waals surface area contributed by atoms with E-state index in [1.54, 1.807) is 24.4 Å². The lowest BCUT2D eigenvalue weighted by molar-refractivity contribution is 0.0953. The number of benzene rings is 1. The number of rotatable bonds is 5. The number of hydrogen-bond acceptors (Lipinski definition) is 4. The first-order valence-corrected chi connectivity index (χ1v) is 8.22. The van der Waals surface area contributed by atoms with Crippen LogP contribution in [0.25, 0.3) is 11.3 Å². The molecule has 2 N–H and O–H groups in total. The summed E-state index contributed by atoms with van der Waals surface area (Å²) in [6, 6.07) is 11.2. The zero-order valence-electron chi connectivity index (χ0n) is 14.6. The standard InChI is InChI=1S/C20H17FN4O2/c1-14-4-9-17(13-23-14)27-11-3-2-10-22-20(26)19-12-18(24-25-19)15-5-7-16(21)8-6-15/h4-9,12-13H,10-11H2,1H3,(H,22,26)(H,24,25). The fourth-order valence-electron chi connectivity index (χ4n) is 2.20. The van der Waals surface area contributed by atoms with Crippen LogP contribution in [0.5, 0.6) is 5.75 Å². The average molecular weight is 364 g/mol. The van der Waals surface area contributed by atoms with Crippen LogP contribution in [-0.4, -0.2) is 34.2 Å². The summed E-state index contributed by atoms with van der Waals surface area (Å²) in [5.41, 5.74) is 2.50. The van der Waals surface area contributed by atoms with E-state index in [2.05, 4.69) is 32.3 Å². The van der Waals surface area contributed by atoms with Crippen LogP contribution in [0.1, 0.15) is 16.2 Å². The van der Waals surface area contributed by atoms with Gasteiger partial charge < -0.3 is 10.1 Å². The number of halogens is 1. The number of carbonyl (C=O) groups is 1. The van der Waals surface area contributed by atoms with E-state index in [-0.39, 0.29) is 24.9 Å². The topological polar surface area (TPSA) is 79.9 Å². The molecule has 136 valence electrons. The summed E-state index contributed by atoms with van der Waals surface area (Å²) in [5.74, 6) is 5.62. The van der Waals surface area contributed by atoms with Crippen LogP contribution in [0.3, 0.4) is 0 Å². The number of ether oxygens (including phenoxy) is 1. The first kappa shape index (κ1) is 18.1. The summed E-state index contributed by atoms with van der Waals surface area (Å²) in [4.78, 5) is 16.2. The Balaban J connectivity index is 1.46. The van der Waals surface area contributed by atoms with E-state index in [0.717, 1.165) is 5.69 Å². The van der Waals surface area contributed by atoms with E-state index in [1.807, 2.05) is 19.1 Å². The fraction of sp³-hybridized carbons (Fsp3) is 0.150. The van der Waals surface area contributed by atoms with Gasteiger partial charge in [-0.05, 0) is 49.4 Å². The van der Waals surface area contributed by atoms with E-state index in [1.165, 1.54) is 12.1 Å². The van der Waals surface area contributed by atoms with Gasteiger partial charge >= 0.3 is 0 Å². The molecular weight excluding hydrogens is 347 g/mol. The van der Waals surface area contributed by atoms with Gasteiger partial charge in [-0.3, -0.25) is 14.9 Å². The van der Waals surface area contributed by atoms with Crippen LogP contribution in [-0.2, 0) is 0 Å². The van der Waals surface area contributed by atoms with E-state index >= 15 is 0 Å². The molecule has 2 aromatic heterocycles. The second kappa shape index (κ2) is 8.63. The molecule has 0 saturated heterocycles. The van der Waals surface area contributed by atoms with Crippen molar-refractivity contribution in [2.45, 2.75) is 6.92 Å². The van der Waals surface area contributed by atoms with Crippen molar-refractivity contribution in [3.8, 4) is 28.8 Å². The SMILES string of the molecule is Cc1ccc(OCC#CCNC(=O)c2cc(-c3ccc(F)cc3)n[nH]2)cn1. The Kier molecular flexibility index (Phi) is 5.80. The van der Waals surface area contributed by atoms with Gasteiger partial charge in [0.15, 0.2) is 0 Å². The third-order valence-electron chi connectivity index (χ3n) is 3.62. The van der Waals surface area contributed by atoms with Crippen LogP contribution in [0.15, 0.2) is 48.7 Å². The van der Waals surface area contributed by atoms with Crippen molar-refractivity contribution >= 4 is 5.91 Å². The number of aryl methyl sites for hydroxylation is 1. The molecule has 0 saturated carbocycles. The number of nitrogens with one attached hydrogen (secondary N) is 2. The summed E-state index contributed by atoms with van der Waals surface area (Å²) < 4.78 is 18.4. The van der Waals surface area contributed by atoms with Gasteiger partial charge in [-0.15, -0.1) is 0 Å². The molecule has 0 radical (unpaired) electrons. The predicted octanol–water partition coefficient (Wildman–Crippen LogP) is 2.73. The molecule has 1 aromatic carbocycles. The van der Waals surface area contributed by atoms with Crippen molar-refractivity contribution in [1.29, 1.82) is 0 Å². The lowest BCUT2D eigenvalue weighted by atomic mass is 10.1. The van der Waals surface area contributed by atoms with Gasteiger partial charge in [0.2, 0.25) is 0 Å². The number of pyridine rings is 1. The molecule has 3 aromatic rings. The molecule has 2 heterocycles. The van der Waals surface area contributed by atoms with Gasteiger partial charge in [-0.25, -0.2) is 4.39 Å². The largest absolute Gasteiger partial charge is 0.479 e. The quantitative estimate of drug-likeness (QED) is 0.682. The minimum absolute atomic E-state index is 0.180. The number of carbonyl (C=O) groups excluding carboxylic acids is 1. The Bertz CT molecular complexity index is 970. The first-order chi connectivity index (χ1) is 13.1. The predicted molar refractivity (Wildman–Crippen MR) is 98.6 cm³/mol. The summed E-state index contributed by atoms with van der Waals surface area (Å²) in [6.07, 6.45) is 1.63.